The van der Waals surface area contributed by atoms with Crippen LogP contribution in [0.3, 0.4) is 0 Å². The minimum absolute atomic E-state index is 0.00275. The van der Waals surface area contributed by atoms with Crippen LogP contribution in [0.5, 0.6) is 5.75 Å². The van der Waals surface area contributed by atoms with Gasteiger partial charge < -0.3 is 9.84 Å². The molecule has 0 heterocycles. The fourth-order valence-electron chi connectivity index (χ4n) is 2.24. The summed E-state index contributed by atoms with van der Waals surface area (Å²) in [6, 6.07) is 8.24. The zero-order chi connectivity index (χ0) is 11.4. The van der Waals surface area contributed by atoms with E-state index in [1.54, 1.807) is 0 Å². The second-order valence-corrected chi connectivity index (χ2v) is 4.55. The van der Waals surface area contributed by atoms with Gasteiger partial charge in [-0.25, -0.2) is 0 Å². The Labute approximate surface area is 97.3 Å². The van der Waals surface area contributed by atoms with Gasteiger partial charge in [0.15, 0.2) is 0 Å². The van der Waals surface area contributed by atoms with Crippen molar-refractivity contribution in [2.75, 3.05) is 0 Å². The lowest BCUT2D eigenvalue weighted by Crippen LogP contribution is -2.25. The van der Waals surface area contributed by atoms with Gasteiger partial charge in [0, 0.05) is 0 Å². The van der Waals surface area contributed by atoms with Crippen molar-refractivity contribution in [2.24, 2.45) is 0 Å². The fourth-order valence-corrected chi connectivity index (χ4v) is 2.24. The molecule has 1 N–H and O–H groups in total. The van der Waals surface area contributed by atoms with Crippen LogP contribution < -0.4 is 4.74 Å². The SMILES string of the molecule is CCCc1ccc(O[C@@H]2CCC[C@H]2O)cc1. The van der Waals surface area contributed by atoms with Crippen LogP contribution in [0.25, 0.3) is 0 Å². The maximum atomic E-state index is 9.66. The van der Waals surface area contributed by atoms with Gasteiger partial charge in [-0.1, -0.05) is 25.5 Å². The molecule has 1 aliphatic carbocycles. The van der Waals surface area contributed by atoms with Crippen molar-refractivity contribution in [3.05, 3.63) is 29.8 Å². The number of ether oxygens (including phenoxy) is 1. The first-order chi connectivity index (χ1) is 7.79. The minimum Gasteiger partial charge on any atom is -0.488 e. The topological polar surface area (TPSA) is 29.5 Å². The maximum Gasteiger partial charge on any atom is 0.124 e. The van der Waals surface area contributed by atoms with Crippen molar-refractivity contribution in [3.63, 3.8) is 0 Å². The lowest BCUT2D eigenvalue weighted by molar-refractivity contribution is 0.0604. The number of hydrogen-bond donors (Lipinski definition) is 1. The Hall–Kier alpha value is -1.02. The van der Waals surface area contributed by atoms with Crippen molar-refractivity contribution < 1.29 is 9.84 Å². The van der Waals surface area contributed by atoms with E-state index in [-0.39, 0.29) is 12.2 Å². The predicted molar refractivity (Wildman–Crippen MR) is 64.7 cm³/mol. The molecule has 88 valence electrons. The van der Waals surface area contributed by atoms with Gasteiger partial charge in [0.2, 0.25) is 0 Å². The third-order valence-electron chi connectivity index (χ3n) is 3.17. The van der Waals surface area contributed by atoms with Gasteiger partial charge in [0.25, 0.3) is 0 Å². The Bertz CT molecular complexity index is 318. The van der Waals surface area contributed by atoms with Crippen LogP contribution in [-0.4, -0.2) is 17.3 Å². The van der Waals surface area contributed by atoms with Gasteiger partial charge in [-0.2, -0.15) is 0 Å². The van der Waals surface area contributed by atoms with Crippen LogP contribution in [0.4, 0.5) is 0 Å². The van der Waals surface area contributed by atoms with E-state index in [1.807, 2.05) is 12.1 Å². The highest BCUT2D eigenvalue weighted by atomic mass is 16.5. The summed E-state index contributed by atoms with van der Waals surface area (Å²) in [7, 11) is 0. The van der Waals surface area contributed by atoms with Crippen molar-refractivity contribution in [2.45, 2.75) is 51.2 Å². The molecule has 0 aliphatic heterocycles. The summed E-state index contributed by atoms with van der Waals surface area (Å²) in [4.78, 5) is 0. The standard InChI is InChI=1S/C14H20O2/c1-2-4-11-7-9-12(10-8-11)16-14-6-3-5-13(14)15/h7-10,13-15H,2-6H2,1H3/t13-,14-/m1/s1. The van der Waals surface area contributed by atoms with E-state index in [2.05, 4.69) is 19.1 Å². The molecule has 0 unspecified atom stereocenters. The summed E-state index contributed by atoms with van der Waals surface area (Å²) >= 11 is 0. The van der Waals surface area contributed by atoms with Gasteiger partial charge in [0.1, 0.15) is 11.9 Å². The summed E-state index contributed by atoms with van der Waals surface area (Å²) in [5.74, 6) is 0.880. The molecule has 2 rings (SSSR count). The quantitative estimate of drug-likeness (QED) is 0.845. The van der Waals surface area contributed by atoms with Crippen molar-refractivity contribution in [1.82, 2.24) is 0 Å². The Kier molecular flexibility index (Phi) is 3.83. The molecule has 0 bridgehead atoms. The number of rotatable bonds is 4. The smallest absolute Gasteiger partial charge is 0.124 e. The lowest BCUT2D eigenvalue weighted by Gasteiger charge is -2.17. The van der Waals surface area contributed by atoms with Crippen LogP contribution >= 0.6 is 0 Å². The number of aliphatic hydroxyl groups excluding tert-OH is 1. The predicted octanol–water partition coefficient (Wildman–Crippen LogP) is 2.93. The molecule has 1 aromatic carbocycles. The summed E-state index contributed by atoms with van der Waals surface area (Å²) in [5, 5.41) is 9.66. The van der Waals surface area contributed by atoms with Gasteiger partial charge in [0.05, 0.1) is 6.10 Å². The Morgan fingerprint density at radius 2 is 2.00 bits per heavy atom. The Morgan fingerprint density at radius 3 is 2.56 bits per heavy atom. The third-order valence-corrected chi connectivity index (χ3v) is 3.17. The first-order valence-corrected chi connectivity index (χ1v) is 6.23. The highest BCUT2D eigenvalue weighted by Crippen LogP contribution is 2.24. The normalized spacial score (nSPS) is 24.6. The molecule has 16 heavy (non-hydrogen) atoms. The highest BCUT2D eigenvalue weighted by molar-refractivity contribution is 5.27. The largest absolute Gasteiger partial charge is 0.488 e. The van der Waals surface area contributed by atoms with Crippen molar-refractivity contribution in [1.29, 1.82) is 0 Å². The molecule has 2 nitrogen and oxygen atoms in total. The van der Waals surface area contributed by atoms with Crippen LogP contribution in [0.15, 0.2) is 24.3 Å². The molecular weight excluding hydrogens is 200 g/mol. The van der Waals surface area contributed by atoms with Gasteiger partial charge in [-0.15, -0.1) is 0 Å². The molecule has 0 amide bonds. The molecule has 0 aromatic heterocycles. The highest BCUT2D eigenvalue weighted by Gasteiger charge is 2.26. The third kappa shape index (κ3) is 2.76. The average Bonchev–Trinajstić information content (AvgIpc) is 2.68. The first kappa shape index (κ1) is 11.5. The van der Waals surface area contributed by atoms with E-state index in [4.69, 9.17) is 4.74 Å². The molecule has 2 atom stereocenters. The van der Waals surface area contributed by atoms with E-state index < -0.39 is 0 Å². The van der Waals surface area contributed by atoms with Crippen molar-refractivity contribution in [3.8, 4) is 5.75 Å². The van der Waals surface area contributed by atoms with Crippen LogP contribution in [0, 0.1) is 0 Å². The van der Waals surface area contributed by atoms with Crippen molar-refractivity contribution >= 4 is 0 Å². The number of aliphatic hydroxyl groups is 1. The molecule has 1 aliphatic rings. The molecule has 2 heteroatoms. The van der Waals surface area contributed by atoms with Gasteiger partial charge >= 0.3 is 0 Å². The molecule has 0 saturated heterocycles. The van der Waals surface area contributed by atoms with E-state index in [1.165, 1.54) is 12.0 Å². The minimum atomic E-state index is -0.282. The summed E-state index contributed by atoms with van der Waals surface area (Å²) in [5.41, 5.74) is 1.35. The van der Waals surface area contributed by atoms with E-state index in [0.717, 1.165) is 31.4 Å². The maximum absolute atomic E-state index is 9.66. The Morgan fingerprint density at radius 1 is 1.25 bits per heavy atom. The van der Waals surface area contributed by atoms with E-state index in [0.29, 0.717) is 0 Å². The number of benzene rings is 1. The molecule has 1 saturated carbocycles. The summed E-state index contributed by atoms with van der Waals surface area (Å²) in [6.07, 6.45) is 4.91. The van der Waals surface area contributed by atoms with E-state index in [9.17, 15) is 5.11 Å². The molecule has 0 radical (unpaired) electrons. The summed E-state index contributed by atoms with van der Waals surface area (Å²) < 4.78 is 5.77. The fraction of sp³-hybridized carbons (Fsp3) is 0.571. The first-order valence-electron chi connectivity index (χ1n) is 6.23. The Balaban J connectivity index is 1.94. The summed E-state index contributed by atoms with van der Waals surface area (Å²) in [6.45, 7) is 2.18. The zero-order valence-electron chi connectivity index (χ0n) is 9.86. The molecular formula is C14H20O2. The van der Waals surface area contributed by atoms with Crippen LogP contribution in [0.1, 0.15) is 38.2 Å². The van der Waals surface area contributed by atoms with Gasteiger partial charge in [-0.05, 0) is 43.4 Å². The monoisotopic (exact) mass is 220 g/mol. The van der Waals surface area contributed by atoms with Crippen LogP contribution in [-0.2, 0) is 6.42 Å². The second-order valence-electron chi connectivity index (χ2n) is 4.55. The second kappa shape index (κ2) is 5.35. The molecule has 1 aromatic rings. The average molecular weight is 220 g/mol. The molecule has 1 fully saturated rings. The zero-order valence-corrected chi connectivity index (χ0v) is 9.86. The molecule has 0 spiro atoms. The number of aryl methyl sites for hydroxylation is 1. The van der Waals surface area contributed by atoms with Crippen LogP contribution in [0.2, 0.25) is 0 Å². The lowest BCUT2D eigenvalue weighted by atomic mass is 10.1. The number of hydrogen-bond acceptors (Lipinski definition) is 2. The van der Waals surface area contributed by atoms with Gasteiger partial charge in [-0.3, -0.25) is 0 Å². The van der Waals surface area contributed by atoms with E-state index >= 15 is 0 Å².